The van der Waals surface area contributed by atoms with Crippen molar-refractivity contribution >= 4 is 12.4 Å². The minimum absolute atomic E-state index is 0.160. The summed E-state index contributed by atoms with van der Waals surface area (Å²) in [5.41, 5.74) is 1.79. The Morgan fingerprint density at radius 3 is 2.10 bits per heavy atom. The van der Waals surface area contributed by atoms with E-state index in [-0.39, 0.29) is 13.1 Å². The molecular weight excluding hydrogens is 268 g/mol. The zero-order valence-electron chi connectivity index (χ0n) is 11.5. The Bertz CT molecular complexity index is 566. The highest BCUT2D eigenvalue weighted by atomic mass is 16.6. The van der Waals surface area contributed by atoms with Crippen LogP contribution in [0.4, 0.5) is 0 Å². The van der Waals surface area contributed by atoms with Gasteiger partial charge in [-0.25, -0.2) is 4.79 Å². The van der Waals surface area contributed by atoms with Crippen LogP contribution in [0.15, 0.2) is 60.7 Å². The first kappa shape index (κ1) is 14.8. The van der Waals surface area contributed by atoms with Crippen molar-refractivity contribution in [1.82, 2.24) is 0 Å². The number of esters is 1. The first-order valence-corrected chi connectivity index (χ1v) is 6.63. The van der Waals surface area contributed by atoms with Crippen LogP contribution >= 0.6 is 0 Å². The van der Waals surface area contributed by atoms with Gasteiger partial charge in [-0.2, -0.15) is 0 Å². The van der Waals surface area contributed by atoms with Crippen LogP contribution in [0.2, 0.25) is 0 Å². The third-order valence-corrected chi connectivity index (χ3v) is 2.97. The Kier molecular flexibility index (Phi) is 5.52. The van der Waals surface area contributed by atoms with E-state index >= 15 is 0 Å². The molecule has 4 heteroatoms. The molecule has 0 saturated heterocycles. The minimum atomic E-state index is -0.923. The van der Waals surface area contributed by atoms with Crippen molar-refractivity contribution in [1.29, 1.82) is 0 Å². The number of rotatable bonds is 7. The van der Waals surface area contributed by atoms with Gasteiger partial charge in [-0.05, 0) is 11.1 Å². The summed E-state index contributed by atoms with van der Waals surface area (Å²) in [5.74, 6) is -0.546. The van der Waals surface area contributed by atoms with Crippen LogP contribution in [0, 0.1) is 0 Å². The molecule has 0 spiro atoms. The highest BCUT2D eigenvalue weighted by Crippen LogP contribution is 2.09. The lowest BCUT2D eigenvalue weighted by Gasteiger charge is -2.14. The van der Waals surface area contributed by atoms with Gasteiger partial charge in [0.05, 0.1) is 0 Å². The summed E-state index contributed by atoms with van der Waals surface area (Å²) >= 11 is 0. The van der Waals surface area contributed by atoms with Crippen molar-refractivity contribution in [3.8, 4) is 0 Å². The summed E-state index contributed by atoms with van der Waals surface area (Å²) in [6, 6.07) is 18.7. The van der Waals surface area contributed by atoms with Crippen LogP contribution in [0.25, 0.3) is 0 Å². The molecule has 0 aliphatic carbocycles. The Morgan fingerprint density at radius 2 is 1.52 bits per heavy atom. The molecule has 1 unspecified atom stereocenters. The molecule has 0 aliphatic rings. The molecule has 2 aromatic carbocycles. The normalized spacial score (nSPS) is 11.4. The van der Waals surface area contributed by atoms with Crippen molar-refractivity contribution in [3.05, 3.63) is 71.8 Å². The van der Waals surface area contributed by atoms with Crippen molar-refractivity contribution < 1.29 is 19.1 Å². The molecule has 0 N–H and O–H groups in total. The van der Waals surface area contributed by atoms with Gasteiger partial charge in [0.25, 0.3) is 6.47 Å². The average molecular weight is 284 g/mol. The highest BCUT2D eigenvalue weighted by Gasteiger charge is 2.22. The second kappa shape index (κ2) is 7.85. The van der Waals surface area contributed by atoms with Gasteiger partial charge >= 0.3 is 5.97 Å². The zero-order chi connectivity index (χ0) is 14.9. The fourth-order valence-corrected chi connectivity index (χ4v) is 1.90. The molecular formula is C17H16O4. The second-order valence-corrected chi connectivity index (χ2v) is 4.50. The zero-order valence-corrected chi connectivity index (χ0v) is 11.5. The van der Waals surface area contributed by atoms with Gasteiger partial charge in [0.1, 0.15) is 6.61 Å². The Hall–Kier alpha value is -2.62. The van der Waals surface area contributed by atoms with Gasteiger partial charge in [-0.1, -0.05) is 60.7 Å². The van der Waals surface area contributed by atoms with Crippen molar-refractivity contribution in [2.24, 2.45) is 0 Å². The van der Waals surface area contributed by atoms with Crippen LogP contribution in [-0.2, 0) is 32.1 Å². The standard InChI is InChI=1S/C17H16O4/c18-13-21-16(11-14-7-3-1-4-8-14)17(19)20-12-15-9-5-2-6-10-15/h1-10,13,16H,11-12H2. The summed E-state index contributed by atoms with van der Waals surface area (Å²) in [6.07, 6.45) is -0.624. The van der Waals surface area contributed by atoms with Crippen LogP contribution in [0.5, 0.6) is 0 Å². The van der Waals surface area contributed by atoms with Crippen molar-refractivity contribution in [2.45, 2.75) is 19.1 Å². The molecule has 4 nitrogen and oxygen atoms in total. The second-order valence-electron chi connectivity index (χ2n) is 4.50. The molecule has 0 aliphatic heterocycles. The maximum Gasteiger partial charge on any atom is 0.348 e. The van der Waals surface area contributed by atoms with E-state index in [0.29, 0.717) is 6.42 Å². The Morgan fingerprint density at radius 1 is 0.952 bits per heavy atom. The van der Waals surface area contributed by atoms with Gasteiger partial charge < -0.3 is 9.47 Å². The first-order valence-electron chi connectivity index (χ1n) is 6.63. The number of carbonyl (C=O) groups excluding carboxylic acids is 2. The quantitative estimate of drug-likeness (QED) is 0.579. The molecule has 1 atom stereocenters. The van der Waals surface area contributed by atoms with Crippen LogP contribution in [-0.4, -0.2) is 18.5 Å². The molecule has 0 amide bonds. The molecule has 108 valence electrons. The van der Waals surface area contributed by atoms with E-state index in [2.05, 4.69) is 0 Å². The molecule has 0 radical (unpaired) electrons. The van der Waals surface area contributed by atoms with E-state index in [1.165, 1.54) is 0 Å². The number of hydrogen-bond donors (Lipinski definition) is 0. The van der Waals surface area contributed by atoms with E-state index in [9.17, 15) is 9.59 Å². The predicted molar refractivity (Wildman–Crippen MR) is 77.3 cm³/mol. The van der Waals surface area contributed by atoms with E-state index in [4.69, 9.17) is 9.47 Å². The number of benzene rings is 2. The maximum absolute atomic E-state index is 12.0. The van der Waals surface area contributed by atoms with Gasteiger partial charge in [-0.3, -0.25) is 4.79 Å². The van der Waals surface area contributed by atoms with Crippen LogP contribution in [0.1, 0.15) is 11.1 Å². The Labute approximate surface area is 123 Å². The fraction of sp³-hybridized carbons (Fsp3) is 0.176. The van der Waals surface area contributed by atoms with Crippen LogP contribution < -0.4 is 0 Å². The van der Waals surface area contributed by atoms with E-state index < -0.39 is 12.1 Å². The van der Waals surface area contributed by atoms with Gasteiger partial charge in [-0.15, -0.1) is 0 Å². The predicted octanol–water partition coefficient (Wildman–Crippen LogP) is 2.51. The average Bonchev–Trinajstić information content (AvgIpc) is 2.54. The molecule has 0 saturated carbocycles. The van der Waals surface area contributed by atoms with E-state index in [0.717, 1.165) is 11.1 Å². The molecule has 0 fully saturated rings. The third kappa shape index (κ3) is 4.76. The Balaban J connectivity index is 1.94. The van der Waals surface area contributed by atoms with Gasteiger partial charge in [0.15, 0.2) is 0 Å². The number of hydrogen-bond acceptors (Lipinski definition) is 4. The van der Waals surface area contributed by atoms with Crippen molar-refractivity contribution in [3.63, 3.8) is 0 Å². The fourth-order valence-electron chi connectivity index (χ4n) is 1.90. The minimum Gasteiger partial charge on any atom is -0.458 e. The lowest BCUT2D eigenvalue weighted by Crippen LogP contribution is -2.28. The smallest absolute Gasteiger partial charge is 0.348 e. The summed E-state index contributed by atoms with van der Waals surface area (Å²) in [7, 11) is 0. The largest absolute Gasteiger partial charge is 0.458 e. The molecule has 2 rings (SSSR count). The summed E-state index contributed by atoms with van der Waals surface area (Å²) in [5, 5.41) is 0. The monoisotopic (exact) mass is 284 g/mol. The van der Waals surface area contributed by atoms with Crippen LogP contribution in [0.3, 0.4) is 0 Å². The molecule has 21 heavy (non-hydrogen) atoms. The van der Waals surface area contributed by atoms with Gasteiger partial charge in [0.2, 0.25) is 6.10 Å². The van der Waals surface area contributed by atoms with Gasteiger partial charge in [0, 0.05) is 6.42 Å². The van der Waals surface area contributed by atoms with E-state index in [1.54, 1.807) is 0 Å². The molecule has 0 heterocycles. The number of carbonyl (C=O) groups is 2. The first-order chi connectivity index (χ1) is 10.3. The summed E-state index contributed by atoms with van der Waals surface area (Å²) < 4.78 is 10.0. The molecule has 2 aromatic rings. The molecule has 0 aromatic heterocycles. The lowest BCUT2D eigenvalue weighted by atomic mass is 10.1. The molecule has 0 bridgehead atoms. The van der Waals surface area contributed by atoms with E-state index in [1.807, 2.05) is 60.7 Å². The lowest BCUT2D eigenvalue weighted by molar-refractivity contribution is -0.162. The topological polar surface area (TPSA) is 52.6 Å². The summed E-state index contributed by atoms with van der Waals surface area (Å²) in [6.45, 7) is 0.435. The SMILES string of the molecule is O=COC(Cc1ccccc1)C(=O)OCc1ccccc1. The highest BCUT2D eigenvalue weighted by molar-refractivity contribution is 5.76. The maximum atomic E-state index is 12.0. The third-order valence-electron chi connectivity index (χ3n) is 2.97. The number of ether oxygens (including phenoxy) is 2. The summed E-state index contributed by atoms with van der Waals surface area (Å²) in [4.78, 5) is 22.6. The van der Waals surface area contributed by atoms with Crippen molar-refractivity contribution in [2.75, 3.05) is 0 Å².